The predicted octanol–water partition coefficient (Wildman–Crippen LogP) is 5.14. The zero-order chi connectivity index (χ0) is 33.8. The number of methoxy groups -OCH3 is 1. The summed E-state index contributed by atoms with van der Waals surface area (Å²) < 4.78 is 42.9. The highest BCUT2D eigenvalue weighted by Crippen LogP contribution is 2.29. The Hall–Kier alpha value is -4.84. The molecule has 0 saturated carbocycles. The summed E-state index contributed by atoms with van der Waals surface area (Å²) in [6, 6.07) is 22.1. The molecule has 1 aliphatic heterocycles. The van der Waals surface area contributed by atoms with Crippen LogP contribution in [0.1, 0.15) is 26.3 Å². The van der Waals surface area contributed by atoms with Crippen LogP contribution in [0.25, 0.3) is 10.8 Å². The van der Waals surface area contributed by atoms with Gasteiger partial charge in [-0.25, -0.2) is 9.78 Å². The molecule has 0 bridgehead atoms. The summed E-state index contributed by atoms with van der Waals surface area (Å²) >= 11 is 0. The molecule has 12 heteroatoms. The molecule has 11 nitrogen and oxygen atoms in total. The summed E-state index contributed by atoms with van der Waals surface area (Å²) in [4.78, 5) is 36.5. The molecule has 47 heavy (non-hydrogen) atoms. The normalized spacial score (nSPS) is 14.4. The number of carbonyl (C=O) groups is 2. The van der Waals surface area contributed by atoms with E-state index in [4.69, 9.17) is 13.7 Å². The van der Waals surface area contributed by atoms with Crippen LogP contribution in [0.3, 0.4) is 0 Å². The van der Waals surface area contributed by atoms with Gasteiger partial charge in [-0.05, 0) is 62.1 Å². The van der Waals surface area contributed by atoms with Crippen LogP contribution in [0.5, 0.6) is 11.5 Å². The highest BCUT2D eigenvalue weighted by molar-refractivity contribution is 7.87. The number of hydrogen-bond acceptors (Lipinski definition) is 9. The first-order chi connectivity index (χ1) is 22.4. The molecule has 2 heterocycles. The van der Waals surface area contributed by atoms with Crippen molar-refractivity contribution in [2.75, 3.05) is 45.2 Å². The van der Waals surface area contributed by atoms with Gasteiger partial charge in [0.05, 0.1) is 12.8 Å². The van der Waals surface area contributed by atoms with Crippen molar-refractivity contribution >= 4 is 38.6 Å². The summed E-state index contributed by atoms with van der Waals surface area (Å²) in [7, 11) is -1.04. The molecule has 0 radical (unpaired) electrons. The van der Waals surface area contributed by atoms with Gasteiger partial charge < -0.3 is 23.5 Å². The van der Waals surface area contributed by atoms with E-state index in [0.717, 1.165) is 16.8 Å². The molecule has 0 unspecified atom stereocenters. The van der Waals surface area contributed by atoms with Gasteiger partial charge in [0.15, 0.2) is 0 Å². The van der Waals surface area contributed by atoms with Crippen LogP contribution in [0.4, 0.5) is 10.5 Å². The van der Waals surface area contributed by atoms with Crippen molar-refractivity contribution in [2.24, 2.45) is 0 Å². The van der Waals surface area contributed by atoms with E-state index in [1.54, 1.807) is 76.2 Å². The fraction of sp³-hybridized carbons (Fsp3) is 0.343. The Morgan fingerprint density at radius 1 is 0.915 bits per heavy atom. The van der Waals surface area contributed by atoms with Gasteiger partial charge >= 0.3 is 16.2 Å². The van der Waals surface area contributed by atoms with Crippen molar-refractivity contribution in [3.05, 3.63) is 90.6 Å². The molecule has 1 atom stereocenters. The number of anilines is 1. The summed E-state index contributed by atoms with van der Waals surface area (Å²) in [5.74, 6) is 0.658. The number of pyridine rings is 1. The number of benzene rings is 3. The molecule has 3 aromatic carbocycles. The van der Waals surface area contributed by atoms with E-state index in [2.05, 4.69) is 9.88 Å². The Labute approximate surface area is 275 Å². The molecule has 4 aromatic rings. The molecule has 1 saturated heterocycles. The van der Waals surface area contributed by atoms with Crippen LogP contribution in [0.15, 0.2) is 90.1 Å². The van der Waals surface area contributed by atoms with E-state index in [1.807, 2.05) is 30.3 Å². The minimum Gasteiger partial charge on any atom is -0.495 e. The van der Waals surface area contributed by atoms with Gasteiger partial charge in [-0.15, -0.1) is 0 Å². The number of piperazine rings is 1. The maximum absolute atomic E-state index is 14.0. The lowest BCUT2D eigenvalue weighted by Crippen LogP contribution is -2.56. The Morgan fingerprint density at radius 2 is 1.57 bits per heavy atom. The van der Waals surface area contributed by atoms with Crippen LogP contribution >= 0.6 is 0 Å². The van der Waals surface area contributed by atoms with E-state index in [1.165, 1.54) is 23.2 Å². The second-order valence-corrected chi connectivity index (χ2v) is 13.8. The molecular weight excluding hydrogens is 620 g/mol. The summed E-state index contributed by atoms with van der Waals surface area (Å²) in [5, 5.41) is 1.02. The standard InChI is InChI=1S/C35H40N4O7S/c1-35(2,3)45-34(41)37(4)30(33(40)39-22-20-38(21-23-39)29-12-8-9-13-31(29)44-5)24-25-14-16-27(17-15-25)46-47(42,43)32-28-11-7-6-10-26(28)18-19-36-32/h6-19,30H,20-24H2,1-5H3/t30-/m0/s1. The minimum atomic E-state index is -4.23. The molecule has 1 aromatic heterocycles. The third-order valence-corrected chi connectivity index (χ3v) is 9.09. The minimum absolute atomic E-state index is 0.0966. The van der Waals surface area contributed by atoms with Crippen molar-refractivity contribution < 1.29 is 31.7 Å². The van der Waals surface area contributed by atoms with Crippen molar-refractivity contribution in [3.63, 3.8) is 0 Å². The highest BCUT2D eigenvalue weighted by Gasteiger charge is 2.35. The number of para-hydroxylation sites is 2. The molecule has 2 amide bonds. The van der Waals surface area contributed by atoms with Gasteiger partial charge in [-0.2, -0.15) is 8.42 Å². The summed E-state index contributed by atoms with van der Waals surface area (Å²) in [6.07, 6.45) is 0.995. The largest absolute Gasteiger partial charge is 0.495 e. The van der Waals surface area contributed by atoms with Crippen LogP contribution in [-0.2, 0) is 26.1 Å². The first kappa shape index (κ1) is 33.5. The van der Waals surface area contributed by atoms with Crippen LogP contribution in [0, 0.1) is 0 Å². The predicted molar refractivity (Wildman–Crippen MR) is 179 cm³/mol. The zero-order valence-electron chi connectivity index (χ0n) is 27.3. The fourth-order valence-electron chi connectivity index (χ4n) is 5.48. The zero-order valence-corrected chi connectivity index (χ0v) is 28.1. The SMILES string of the molecule is COc1ccccc1N1CCN(C(=O)[C@H](Cc2ccc(OS(=O)(=O)c3nccc4ccccc34)cc2)N(C)C(=O)OC(C)(C)C)CC1. The number of hydrogen-bond donors (Lipinski definition) is 0. The van der Waals surface area contributed by atoms with E-state index in [-0.39, 0.29) is 23.1 Å². The maximum atomic E-state index is 14.0. The number of carbonyl (C=O) groups excluding carboxylic acids is 2. The lowest BCUT2D eigenvalue weighted by molar-refractivity contribution is -0.136. The molecule has 0 N–H and O–H groups in total. The van der Waals surface area contributed by atoms with Crippen molar-refractivity contribution in [1.29, 1.82) is 0 Å². The van der Waals surface area contributed by atoms with Gasteiger partial charge in [0, 0.05) is 51.2 Å². The Kier molecular flexibility index (Phi) is 9.90. The smallest absolute Gasteiger partial charge is 0.410 e. The Bertz CT molecular complexity index is 1830. The Morgan fingerprint density at radius 3 is 2.26 bits per heavy atom. The fourth-order valence-corrected chi connectivity index (χ4v) is 6.57. The monoisotopic (exact) mass is 660 g/mol. The molecular formula is C35H40N4O7S. The van der Waals surface area contributed by atoms with Gasteiger partial charge in [0.25, 0.3) is 0 Å². The van der Waals surface area contributed by atoms with Crippen molar-refractivity contribution in [1.82, 2.24) is 14.8 Å². The van der Waals surface area contributed by atoms with E-state index in [0.29, 0.717) is 37.1 Å². The van der Waals surface area contributed by atoms with Crippen molar-refractivity contribution in [3.8, 4) is 11.5 Å². The highest BCUT2D eigenvalue weighted by atomic mass is 32.2. The first-order valence-corrected chi connectivity index (χ1v) is 16.8. The molecule has 248 valence electrons. The van der Waals surface area contributed by atoms with Crippen LogP contribution < -0.4 is 13.8 Å². The average Bonchev–Trinajstić information content (AvgIpc) is 3.06. The quantitative estimate of drug-likeness (QED) is 0.225. The first-order valence-electron chi connectivity index (χ1n) is 15.4. The number of likely N-dealkylation sites (N-methyl/N-ethyl adjacent to an activating group) is 1. The summed E-state index contributed by atoms with van der Waals surface area (Å²) in [6.45, 7) is 7.43. The van der Waals surface area contributed by atoms with E-state index >= 15 is 0 Å². The molecule has 1 aliphatic rings. The van der Waals surface area contributed by atoms with Gasteiger partial charge in [-0.3, -0.25) is 9.69 Å². The second kappa shape index (κ2) is 13.9. The van der Waals surface area contributed by atoms with Crippen LogP contribution in [0.2, 0.25) is 0 Å². The second-order valence-electron chi connectivity index (χ2n) is 12.3. The third-order valence-electron chi connectivity index (χ3n) is 7.88. The third kappa shape index (κ3) is 7.94. The number of nitrogens with zero attached hydrogens (tertiary/aromatic N) is 4. The number of fused-ring (bicyclic) bond motifs is 1. The van der Waals surface area contributed by atoms with E-state index < -0.39 is 27.9 Å². The summed E-state index contributed by atoms with van der Waals surface area (Å²) in [5.41, 5.74) is 0.924. The maximum Gasteiger partial charge on any atom is 0.410 e. The molecule has 0 aliphatic carbocycles. The number of aromatic nitrogens is 1. The van der Waals surface area contributed by atoms with E-state index in [9.17, 15) is 18.0 Å². The number of amides is 2. The van der Waals surface area contributed by atoms with Gasteiger partial charge in [-0.1, -0.05) is 48.5 Å². The van der Waals surface area contributed by atoms with Gasteiger partial charge in [0.2, 0.25) is 10.9 Å². The van der Waals surface area contributed by atoms with Crippen molar-refractivity contribution in [2.45, 2.75) is 43.9 Å². The van der Waals surface area contributed by atoms with Crippen LogP contribution in [-0.4, -0.2) is 87.2 Å². The molecule has 5 rings (SSSR count). The van der Waals surface area contributed by atoms with Gasteiger partial charge in [0.1, 0.15) is 23.1 Å². The number of ether oxygens (including phenoxy) is 2. The average molecular weight is 661 g/mol. The topological polar surface area (TPSA) is 119 Å². The Balaban J connectivity index is 1.32. The lowest BCUT2D eigenvalue weighted by atomic mass is 10.0. The lowest BCUT2D eigenvalue weighted by Gasteiger charge is -2.39. The molecule has 0 spiro atoms. The number of rotatable bonds is 9. The molecule has 1 fully saturated rings.